The van der Waals surface area contributed by atoms with Gasteiger partial charge in [-0.25, -0.2) is 4.79 Å². The number of hydrogen-bond acceptors (Lipinski definition) is 3. The molecule has 18 heavy (non-hydrogen) atoms. The molecule has 5 nitrogen and oxygen atoms in total. The largest absolute Gasteiger partial charge is 0.336 e. The summed E-state index contributed by atoms with van der Waals surface area (Å²) in [6.45, 7) is 9.34. The second-order valence-electron chi connectivity index (χ2n) is 5.80. The molecule has 2 aliphatic rings. The summed E-state index contributed by atoms with van der Waals surface area (Å²) in [4.78, 5) is 27.4. The number of imide groups is 1. The summed E-state index contributed by atoms with van der Waals surface area (Å²) < 4.78 is 0. The van der Waals surface area contributed by atoms with Crippen LogP contribution in [-0.4, -0.2) is 54.0 Å². The first-order valence-corrected chi connectivity index (χ1v) is 6.82. The summed E-state index contributed by atoms with van der Waals surface area (Å²) in [5.41, 5.74) is 0. The number of nitrogens with one attached hydrogen (secondary N) is 1. The van der Waals surface area contributed by atoms with Crippen molar-refractivity contribution in [1.29, 1.82) is 0 Å². The Morgan fingerprint density at radius 3 is 2.44 bits per heavy atom. The first-order chi connectivity index (χ1) is 8.49. The zero-order valence-electron chi connectivity index (χ0n) is 11.5. The number of carbonyl (C=O) groups is 2. The van der Waals surface area contributed by atoms with Crippen molar-refractivity contribution in [2.24, 2.45) is 11.8 Å². The lowest BCUT2D eigenvalue weighted by atomic mass is 9.91. The molecule has 3 atom stereocenters. The minimum atomic E-state index is -0.245. The summed E-state index contributed by atoms with van der Waals surface area (Å²) in [7, 11) is 0. The Kier molecular flexibility index (Phi) is 3.90. The van der Waals surface area contributed by atoms with Gasteiger partial charge in [0.2, 0.25) is 5.91 Å². The van der Waals surface area contributed by atoms with Crippen molar-refractivity contribution >= 4 is 11.9 Å². The molecule has 0 aromatic carbocycles. The number of piperidine rings is 1. The van der Waals surface area contributed by atoms with E-state index >= 15 is 0 Å². The van der Waals surface area contributed by atoms with E-state index in [-0.39, 0.29) is 18.0 Å². The number of urea groups is 1. The Hall–Kier alpha value is -1.10. The molecule has 2 aliphatic heterocycles. The highest BCUT2D eigenvalue weighted by molar-refractivity contribution is 5.98. The van der Waals surface area contributed by atoms with Gasteiger partial charge in [0, 0.05) is 26.2 Å². The molecular weight excluding hydrogens is 230 g/mol. The highest BCUT2D eigenvalue weighted by Crippen LogP contribution is 2.23. The van der Waals surface area contributed by atoms with Crippen molar-refractivity contribution in [1.82, 2.24) is 15.1 Å². The van der Waals surface area contributed by atoms with Crippen molar-refractivity contribution in [3.8, 4) is 0 Å². The zero-order valence-corrected chi connectivity index (χ0v) is 11.5. The predicted molar refractivity (Wildman–Crippen MR) is 69.1 cm³/mol. The summed E-state index contributed by atoms with van der Waals surface area (Å²) in [5, 5.41) is 2.67. The maximum absolute atomic E-state index is 12.3. The molecule has 2 rings (SSSR count). The highest BCUT2D eigenvalue weighted by atomic mass is 16.2. The lowest BCUT2D eigenvalue weighted by Crippen LogP contribution is -2.52. The smallest absolute Gasteiger partial charge is 0.324 e. The van der Waals surface area contributed by atoms with Gasteiger partial charge in [-0.2, -0.15) is 0 Å². The maximum Gasteiger partial charge on any atom is 0.324 e. The third-order valence-corrected chi connectivity index (χ3v) is 3.93. The van der Waals surface area contributed by atoms with Crippen LogP contribution in [0.3, 0.4) is 0 Å². The number of nitrogens with zero attached hydrogens (tertiary/aromatic N) is 2. The van der Waals surface area contributed by atoms with Crippen molar-refractivity contribution in [2.45, 2.75) is 33.2 Å². The first-order valence-electron chi connectivity index (χ1n) is 6.82. The van der Waals surface area contributed by atoms with Crippen LogP contribution in [0.25, 0.3) is 0 Å². The van der Waals surface area contributed by atoms with Crippen molar-refractivity contribution in [2.75, 3.05) is 26.2 Å². The fourth-order valence-electron chi connectivity index (χ4n) is 3.09. The molecule has 0 aromatic rings. The molecule has 1 N–H and O–H groups in total. The van der Waals surface area contributed by atoms with Gasteiger partial charge in [-0.3, -0.25) is 14.6 Å². The molecule has 2 fully saturated rings. The van der Waals surface area contributed by atoms with Crippen LogP contribution < -0.4 is 5.32 Å². The molecule has 102 valence electrons. The Morgan fingerprint density at radius 1 is 1.33 bits per heavy atom. The molecular formula is C13H23N3O2. The predicted octanol–water partition coefficient (Wildman–Crippen LogP) is 0.905. The van der Waals surface area contributed by atoms with Crippen molar-refractivity contribution in [3.05, 3.63) is 0 Å². The summed E-state index contributed by atoms with van der Waals surface area (Å²) in [6, 6.07) is -0.441. The molecule has 0 saturated carbocycles. The van der Waals surface area contributed by atoms with E-state index in [1.165, 1.54) is 11.3 Å². The fourth-order valence-corrected chi connectivity index (χ4v) is 3.09. The third kappa shape index (κ3) is 2.66. The van der Waals surface area contributed by atoms with Crippen LogP contribution in [0.2, 0.25) is 0 Å². The van der Waals surface area contributed by atoms with Crippen LogP contribution in [0.4, 0.5) is 4.79 Å². The lowest BCUT2D eigenvalue weighted by Gasteiger charge is -2.38. The fraction of sp³-hybridized carbons (Fsp3) is 0.846. The second-order valence-corrected chi connectivity index (χ2v) is 5.80. The van der Waals surface area contributed by atoms with Crippen LogP contribution in [0, 0.1) is 11.8 Å². The molecule has 0 aliphatic carbocycles. The molecule has 0 unspecified atom stereocenters. The van der Waals surface area contributed by atoms with Crippen molar-refractivity contribution in [3.63, 3.8) is 0 Å². The molecule has 0 aromatic heterocycles. The number of likely N-dealkylation sites (tertiary alicyclic amines) is 1. The average molecular weight is 253 g/mol. The molecule has 0 spiro atoms. The number of hydrogen-bond donors (Lipinski definition) is 1. The van der Waals surface area contributed by atoms with Crippen LogP contribution in [0.15, 0.2) is 0 Å². The first kappa shape index (κ1) is 13.3. The van der Waals surface area contributed by atoms with Gasteiger partial charge < -0.3 is 5.32 Å². The third-order valence-electron chi connectivity index (χ3n) is 3.93. The molecule has 2 heterocycles. The summed E-state index contributed by atoms with van der Waals surface area (Å²) in [6.07, 6.45) is 1.22. The highest BCUT2D eigenvalue weighted by Gasteiger charge is 2.34. The lowest BCUT2D eigenvalue weighted by molar-refractivity contribution is -0.133. The van der Waals surface area contributed by atoms with E-state index in [1.807, 2.05) is 6.92 Å². The summed E-state index contributed by atoms with van der Waals surface area (Å²) in [5.74, 6) is 1.18. The van der Waals surface area contributed by atoms with E-state index in [0.29, 0.717) is 24.9 Å². The van der Waals surface area contributed by atoms with Crippen molar-refractivity contribution < 1.29 is 9.59 Å². The van der Waals surface area contributed by atoms with Crippen LogP contribution >= 0.6 is 0 Å². The molecule has 2 saturated heterocycles. The molecule has 5 heteroatoms. The number of rotatable bonds is 2. The van der Waals surface area contributed by atoms with E-state index in [2.05, 4.69) is 24.1 Å². The van der Waals surface area contributed by atoms with Gasteiger partial charge in [-0.15, -0.1) is 0 Å². The van der Waals surface area contributed by atoms with Gasteiger partial charge in [-0.05, 0) is 25.2 Å². The SMILES string of the molecule is C[C@H]1C[C@H](C)CN([C@@H](C)C(=O)N2CCNC2=O)C1. The molecule has 3 amide bonds. The topological polar surface area (TPSA) is 52.7 Å². The van der Waals surface area contributed by atoms with Gasteiger partial charge in [0.05, 0.1) is 6.04 Å². The van der Waals surface area contributed by atoms with Crippen LogP contribution in [-0.2, 0) is 4.79 Å². The standard InChI is InChI=1S/C13H23N3O2/c1-9-6-10(2)8-15(7-9)11(3)12(17)16-5-4-14-13(16)18/h9-11H,4-8H2,1-3H3,(H,14,18)/t9-,10-,11-/m0/s1. The normalized spacial score (nSPS) is 31.3. The minimum Gasteiger partial charge on any atom is -0.336 e. The van der Waals surface area contributed by atoms with Gasteiger partial charge in [0.15, 0.2) is 0 Å². The maximum atomic E-state index is 12.3. The van der Waals surface area contributed by atoms with Gasteiger partial charge in [-0.1, -0.05) is 13.8 Å². The average Bonchev–Trinajstić information content (AvgIpc) is 2.72. The van der Waals surface area contributed by atoms with E-state index in [1.54, 1.807) is 0 Å². The van der Waals surface area contributed by atoms with E-state index in [4.69, 9.17) is 0 Å². The van der Waals surface area contributed by atoms with Gasteiger partial charge >= 0.3 is 6.03 Å². The quantitative estimate of drug-likeness (QED) is 0.795. The van der Waals surface area contributed by atoms with E-state index < -0.39 is 0 Å². The zero-order chi connectivity index (χ0) is 13.3. The molecule has 0 bridgehead atoms. The van der Waals surface area contributed by atoms with E-state index in [9.17, 15) is 9.59 Å². The Labute approximate surface area is 108 Å². The second kappa shape index (κ2) is 5.26. The van der Waals surface area contributed by atoms with Crippen LogP contribution in [0.5, 0.6) is 0 Å². The monoisotopic (exact) mass is 253 g/mol. The van der Waals surface area contributed by atoms with Gasteiger partial charge in [0.1, 0.15) is 0 Å². The van der Waals surface area contributed by atoms with Crippen LogP contribution in [0.1, 0.15) is 27.2 Å². The number of carbonyl (C=O) groups excluding carboxylic acids is 2. The minimum absolute atomic E-state index is 0.0636. The molecule has 0 radical (unpaired) electrons. The Morgan fingerprint density at radius 2 is 1.94 bits per heavy atom. The number of amides is 3. The van der Waals surface area contributed by atoms with Gasteiger partial charge in [0.25, 0.3) is 0 Å². The van der Waals surface area contributed by atoms with E-state index in [0.717, 1.165) is 13.1 Å². The Bertz CT molecular complexity index is 335. The Balaban J connectivity index is 1.99. The summed E-state index contributed by atoms with van der Waals surface area (Å²) >= 11 is 0.